The second-order valence-electron chi connectivity index (χ2n) is 5.60. The molecule has 1 aliphatic rings. The van der Waals surface area contributed by atoms with Crippen LogP contribution in [0.5, 0.6) is 0 Å². The van der Waals surface area contributed by atoms with Crippen molar-refractivity contribution in [1.82, 2.24) is 15.5 Å². The lowest BCUT2D eigenvalue weighted by Gasteiger charge is -2.15. The van der Waals surface area contributed by atoms with E-state index in [9.17, 15) is 0 Å². The van der Waals surface area contributed by atoms with Crippen LogP contribution >= 0.6 is 0 Å². The van der Waals surface area contributed by atoms with Gasteiger partial charge >= 0.3 is 6.01 Å². The zero-order valence-electron chi connectivity index (χ0n) is 11.9. The standard InChI is InChI=1S/C15H20N4O/c1-11-4-3-5-12(8-11)9-15(6-7-15)17-14-19-18-13(20-14)10-16-2/h3-5,8,16H,6-7,9-10H2,1-2H3,(H,17,19). The lowest BCUT2D eigenvalue weighted by atomic mass is 10.0. The maximum atomic E-state index is 5.57. The van der Waals surface area contributed by atoms with E-state index in [1.165, 1.54) is 11.1 Å². The normalized spacial score (nSPS) is 16.1. The molecule has 0 radical (unpaired) electrons. The Morgan fingerprint density at radius 2 is 2.15 bits per heavy atom. The maximum Gasteiger partial charge on any atom is 0.315 e. The number of nitrogens with zero attached hydrogens (tertiary/aromatic N) is 2. The van der Waals surface area contributed by atoms with Crippen LogP contribution in [-0.4, -0.2) is 22.8 Å². The molecule has 0 unspecified atom stereocenters. The van der Waals surface area contributed by atoms with Crippen molar-refractivity contribution in [3.63, 3.8) is 0 Å². The van der Waals surface area contributed by atoms with E-state index in [1.54, 1.807) is 0 Å². The van der Waals surface area contributed by atoms with Crippen LogP contribution in [0.2, 0.25) is 0 Å². The van der Waals surface area contributed by atoms with Crippen LogP contribution in [0.25, 0.3) is 0 Å². The van der Waals surface area contributed by atoms with Crippen molar-refractivity contribution < 1.29 is 4.42 Å². The minimum atomic E-state index is 0.0945. The Bertz CT molecular complexity index is 589. The molecule has 1 heterocycles. The fraction of sp³-hybridized carbons (Fsp3) is 0.467. The van der Waals surface area contributed by atoms with Gasteiger partial charge in [0.25, 0.3) is 0 Å². The number of aryl methyl sites for hydroxylation is 1. The number of aromatic nitrogens is 2. The summed E-state index contributed by atoms with van der Waals surface area (Å²) in [5.74, 6) is 0.612. The van der Waals surface area contributed by atoms with Crippen molar-refractivity contribution in [3.05, 3.63) is 41.3 Å². The van der Waals surface area contributed by atoms with Crippen LogP contribution in [0.4, 0.5) is 6.01 Å². The van der Waals surface area contributed by atoms with Gasteiger partial charge < -0.3 is 15.1 Å². The van der Waals surface area contributed by atoms with Crippen molar-refractivity contribution in [2.24, 2.45) is 0 Å². The van der Waals surface area contributed by atoms with Crippen LogP contribution in [-0.2, 0) is 13.0 Å². The van der Waals surface area contributed by atoms with E-state index < -0.39 is 0 Å². The monoisotopic (exact) mass is 272 g/mol. The molecule has 20 heavy (non-hydrogen) atoms. The van der Waals surface area contributed by atoms with Crippen LogP contribution in [0.1, 0.15) is 29.9 Å². The molecule has 1 fully saturated rings. The van der Waals surface area contributed by atoms with Gasteiger partial charge in [-0.2, -0.15) is 0 Å². The highest BCUT2D eigenvalue weighted by Gasteiger charge is 2.43. The summed E-state index contributed by atoms with van der Waals surface area (Å²) in [6.07, 6.45) is 3.29. The summed E-state index contributed by atoms with van der Waals surface area (Å²) in [6, 6.07) is 9.17. The molecule has 5 heteroatoms. The van der Waals surface area contributed by atoms with Gasteiger partial charge in [0.2, 0.25) is 5.89 Å². The Kier molecular flexibility index (Phi) is 3.44. The third-order valence-electron chi connectivity index (χ3n) is 3.65. The summed E-state index contributed by atoms with van der Waals surface area (Å²) in [4.78, 5) is 0. The Morgan fingerprint density at radius 3 is 2.85 bits per heavy atom. The molecule has 1 aromatic carbocycles. The molecule has 3 rings (SSSR count). The van der Waals surface area contributed by atoms with Crippen molar-refractivity contribution in [2.75, 3.05) is 12.4 Å². The molecule has 1 aliphatic carbocycles. The molecule has 5 nitrogen and oxygen atoms in total. The minimum absolute atomic E-state index is 0.0945. The molecular formula is C15H20N4O. The van der Waals surface area contributed by atoms with E-state index in [1.807, 2.05) is 7.05 Å². The fourth-order valence-electron chi connectivity index (χ4n) is 2.46. The number of hydrogen-bond acceptors (Lipinski definition) is 5. The molecule has 0 atom stereocenters. The summed E-state index contributed by atoms with van der Waals surface area (Å²) in [5, 5.41) is 14.5. The van der Waals surface area contributed by atoms with Crippen molar-refractivity contribution >= 4 is 6.01 Å². The summed E-state index contributed by atoms with van der Waals surface area (Å²) < 4.78 is 5.57. The lowest BCUT2D eigenvalue weighted by molar-refractivity contribution is 0.482. The largest absolute Gasteiger partial charge is 0.407 e. The predicted octanol–water partition coefficient (Wildman–Crippen LogP) is 2.28. The first-order valence-corrected chi connectivity index (χ1v) is 7.00. The molecule has 0 aliphatic heterocycles. The predicted molar refractivity (Wildman–Crippen MR) is 77.5 cm³/mol. The molecule has 0 amide bonds. The molecular weight excluding hydrogens is 252 g/mol. The van der Waals surface area contributed by atoms with E-state index in [2.05, 4.69) is 52.0 Å². The highest BCUT2D eigenvalue weighted by Crippen LogP contribution is 2.41. The summed E-state index contributed by atoms with van der Waals surface area (Å²) in [5.41, 5.74) is 2.74. The van der Waals surface area contributed by atoms with E-state index in [4.69, 9.17) is 4.42 Å². The second-order valence-corrected chi connectivity index (χ2v) is 5.60. The highest BCUT2D eigenvalue weighted by molar-refractivity contribution is 5.34. The van der Waals surface area contributed by atoms with Crippen LogP contribution in [0, 0.1) is 6.92 Å². The number of anilines is 1. The van der Waals surface area contributed by atoms with Gasteiger partial charge in [0.05, 0.1) is 6.54 Å². The first-order chi connectivity index (χ1) is 9.69. The first-order valence-electron chi connectivity index (χ1n) is 7.00. The van der Waals surface area contributed by atoms with Crippen molar-refractivity contribution in [3.8, 4) is 0 Å². The van der Waals surface area contributed by atoms with Gasteiger partial charge in [-0.1, -0.05) is 34.9 Å². The maximum absolute atomic E-state index is 5.57. The number of nitrogens with one attached hydrogen (secondary N) is 2. The molecule has 1 aromatic heterocycles. The highest BCUT2D eigenvalue weighted by atomic mass is 16.4. The topological polar surface area (TPSA) is 63.0 Å². The number of hydrogen-bond donors (Lipinski definition) is 2. The van der Waals surface area contributed by atoms with E-state index in [-0.39, 0.29) is 5.54 Å². The van der Waals surface area contributed by atoms with Gasteiger partial charge in [-0.25, -0.2) is 0 Å². The number of benzene rings is 1. The van der Waals surface area contributed by atoms with E-state index in [0.29, 0.717) is 18.5 Å². The molecule has 2 aromatic rings. The Hall–Kier alpha value is -1.88. The third-order valence-corrected chi connectivity index (χ3v) is 3.65. The zero-order valence-corrected chi connectivity index (χ0v) is 11.9. The second kappa shape index (κ2) is 5.25. The quantitative estimate of drug-likeness (QED) is 0.844. The SMILES string of the molecule is CNCc1nnc(NC2(Cc3cccc(C)c3)CC2)o1. The average molecular weight is 272 g/mol. The molecule has 1 saturated carbocycles. The van der Waals surface area contributed by atoms with Crippen molar-refractivity contribution in [1.29, 1.82) is 0 Å². The Morgan fingerprint density at radius 1 is 1.30 bits per heavy atom. The molecule has 0 spiro atoms. The molecule has 0 saturated heterocycles. The lowest BCUT2D eigenvalue weighted by Crippen LogP contribution is -2.24. The Labute approximate surface area is 118 Å². The van der Waals surface area contributed by atoms with E-state index in [0.717, 1.165) is 19.3 Å². The molecule has 2 N–H and O–H groups in total. The van der Waals surface area contributed by atoms with Gasteiger partial charge in [0.1, 0.15) is 0 Å². The number of rotatable bonds is 6. The molecule has 0 bridgehead atoms. The molecule has 106 valence electrons. The van der Waals surface area contributed by atoms with E-state index >= 15 is 0 Å². The van der Waals surface area contributed by atoms with Crippen LogP contribution in [0.3, 0.4) is 0 Å². The minimum Gasteiger partial charge on any atom is -0.407 e. The smallest absolute Gasteiger partial charge is 0.315 e. The van der Waals surface area contributed by atoms with Gasteiger partial charge in [-0.05, 0) is 38.8 Å². The van der Waals surface area contributed by atoms with Gasteiger partial charge in [-0.15, -0.1) is 5.10 Å². The van der Waals surface area contributed by atoms with Gasteiger partial charge in [0, 0.05) is 5.54 Å². The Balaban J connectivity index is 1.66. The fourth-order valence-corrected chi connectivity index (χ4v) is 2.46. The van der Waals surface area contributed by atoms with Crippen LogP contribution < -0.4 is 10.6 Å². The van der Waals surface area contributed by atoms with Gasteiger partial charge in [-0.3, -0.25) is 0 Å². The van der Waals surface area contributed by atoms with Crippen molar-refractivity contribution in [2.45, 2.75) is 38.3 Å². The average Bonchev–Trinajstić information content (AvgIpc) is 3.00. The zero-order chi connectivity index (χ0) is 14.0. The first kappa shape index (κ1) is 13.1. The van der Waals surface area contributed by atoms with Gasteiger partial charge in [0.15, 0.2) is 0 Å². The van der Waals surface area contributed by atoms with Crippen LogP contribution in [0.15, 0.2) is 28.7 Å². The summed E-state index contributed by atoms with van der Waals surface area (Å²) in [6.45, 7) is 2.72. The summed E-state index contributed by atoms with van der Waals surface area (Å²) >= 11 is 0. The third kappa shape index (κ3) is 2.99. The summed E-state index contributed by atoms with van der Waals surface area (Å²) in [7, 11) is 1.86.